The van der Waals surface area contributed by atoms with Crippen molar-refractivity contribution in [2.75, 3.05) is 6.61 Å². The van der Waals surface area contributed by atoms with Gasteiger partial charge in [0.15, 0.2) is 0 Å². The third-order valence-electron chi connectivity index (χ3n) is 0.184. The van der Waals surface area contributed by atoms with E-state index in [2.05, 4.69) is 11.0 Å². The Morgan fingerprint density at radius 1 is 1.89 bits per heavy atom. The third kappa shape index (κ3) is 38.5. The molecule has 9 heavy (non-hydrogen) atoms. The second kappa shape index (κ2) is 10.3. The minimum Gasteiger partial charge on any atom is -0.511 e. The highest BCUT2D eigenvalue weighted by atomic mass is 28.3. The van der Waals surface area contributed by atoms with Gasteiger partial charge in [-0.05, 0) is 6.92 Å². The fraction of sp³-hybridized carbons (Fsp3) is 0.500. The van der Waals surface area contributed by atoms with Crippen molar-refractivity contribution in [3.8, 4) is 0 Å². The fourth-order valence-corrected chi connectivity index (χ4v) is 0.214. The van der Waals surface area contributed by atoms with Gasteiger partial charge in [-0.2, -0.15) is 0 Å². The molecule has 0 aromatic rings. The Balaban J connectivity index is 0. The molecule has 0 saturated carbocycles. The van der Waals surface area contributed by atoms with Crippen LogP contribution in [-0.2, 0) is 8.89 Å². The topological polar surface area (TPSA) is 66.8 Å². The molecular weight excluding hydrogens is 140 g/mol. The highest BCUT2D eigenvalue weighted by Gasteiger charge is 1.95. The van der Waals surface area contributed by atoms with E-state index in [0.29, 0.717) is 0 Å². The van der Waals surface area contributed by atoms with Crippen LogP contribution in [0.4, 0.5) is 0 Å². The van der Waals surface area contributed by atoms with Crippen LogP contribution in [0.3, 0.4) is 0 Å². The van der Waals surface area contributed by atoms with E-state index in [1.54, 1.807) is 6.92 Å². The molecular formula is C4H10O4Si. The smallest absolute Gasteiger partial charge is 0.511 e. The minimum atomic E-state index is -2.75. The second-order valence-corrected chi connectivity index (χ2v) is 1.63. The van der Waals surface area contributed by atoms with Gasteiger partial charge in [-0.25, -0.2) is 0 Å². The number of rotatable bonds is 2. The monoisotopic (exact) mass is 150 g/mol. The highest BCUT2D eigenvalue weighted by Crippen LogP contribution is 1.64. The normalized spacial score (nSPS) is 6.44. The van der Waals surface area contributed by atoms with E-state index in [1.165, 1.54) is 0 Å². The van der Waals surface area contributed by atoms with Gasteiger partial charge in [0.2, 0.25) is 0 Å². The molecule has 0 radical (unpaired) electrons. The maximum atomic E-state index is 9.49. The van der Waals surface area contributed by atoms with Gasteiger partial charge < -0.3 is 14.3 Å². The molecule has 0 aliphatic heterocycles. The van der Waals surface area contributed by atoms with Gasteiger partial charge in [0.05, 0.1) is 6.26 Å². The molecule has 0 rings (SSSR count). The zero-order chi connectivity index (χ0) is 7.70. The molecule has 0 unspecified atom stereocenters. The largest absolute Gasteiger partial charge is 0.769 e. The number of hydrogen-bond donors (Lipinski definition) is 2. The van der Waals surface area contributed by atoms with Crippen molar-refractivity contribution >= 4 is 9.17 Å². The summed E-state index contributed by atoms with van der Waals surface area (Å²) < 4.78 is 13.4. The molecule has 2 N–H and O–H groups in total. The van der Waals surface area contributed by atoms with Gasteiger partial charge in [-0.1, -0.05) is 6.58 Å². The summed E-state index contributed by atoms with van der Waals surface area (Å²) in [6.45, 7) is 4.97. The third-order valence-corrected chi connectivity index (χ3v) is 0.552. The zero-order valence-corrected chi connectivity index (χ0v) is 6.20. The molecule has 4 nitrogen and oxygen atoms in total. The summed E-state index contributed by atoms with van der Waals surface area (Å²) in [5.74, 6) is 0. The summed E-state index contributed by atoms with van der Waals surface area (Å²) in [5.41, 5.74) is 0. The first-order chi connectivity index (χ1) is 4.18. The highest BCUT2D eigenvalue weighted by molar-refractivity contribution is 6.24. The van der Waals surface area contributed by atoms with Crippen LogP contribution in [0.2, 0.25) is 0 Å². The molecule has 0 saturated heterocycles. The average molecular weight is 150 g/mol. The van der Waals surface area contributed by atoms with Crippen molar-refractivity contribution < 1.29 is 18.8 Å². The fourth-order valence-electron chi connectivity index (χ4n) is 0.0713. The van der Waals surface area contributed by atoms with Crippen molar-refractivity contribution in [1.82, 2.24) is 0 Å². The standard InChI is InChI=1S/C2H4O3Si.C2H6O/c1-2-5-6(3)4;1-2-3/h2-3H,1H2;3H,2H2,1H3. The zero-order valence-electron chi connectivity index (χ0n) is 5.20. The molecule has 0 amide bonds. The first-order valence-electron chi connectivity index (χ1n) is 2.30. The lowest BCUT2D eigenvalue weighted by Gasteiger charge is -1.79. The Labute approximate surface area is 55.3 Å². The molecule has 0 fully saturated rings. The van der Waals surface area contributed by atoms with Crippen molar-refractivity contribution in [2.24, 2.45) is 0 Å². The van der Waals surface area contributed by atoms with Crippen LogP contribution in [0.5, 0.6) is 0 Å². The molecule has 0 atom stereocenters. The predicted molar refractivity (Wildman–Crippen MR) is 32.7 cm³/mol. The SMILES string of the molecule is C=CO[Si](=O)O.CCO. The van der Waals surface area contributed by atoms with E-state index in [1.807, 2.05) is 0 Å². The molecule has 54 valence electrons. The minimum absolute atomic E-state index is 0.250. The van der Waals surface area contributed by atoms with Crippen LogP contribution < -0.4 is 0 Å². The molecule has 5 heteroatoms. The molecule has 0 heterocycles. The Bertz CT molecular complexity index is 82.6. The maximum absolute atomic E-state index is 9.49. The van der Waals surface area contributed by atoms with Crippen molar-refractivity contribution in [3.63, 3.8) is 0 Å². The summed E-state index contributed by atoms with van der Waals surface area (Å²) in [7, 11) is -2.75. The Morgan fingerprint density at radius 2 is 2.22 bits per heavy atom. The molecule has 0 aromatic carbocycles. The van der Waals surface area contributed by atoms with Crippen LogP contribution in [-0.4, -0.2) is 25.7 Å². The summed E-state index contributed by atoms with van der Waals surface area (Å²) in [6, 6.07) is 0. The van der Waals surface area contributed by atoms with Crippen LogP contribution in [0.1, 0.15) is 6.92 Å². The van der Waals surface area contributed by atoms with Crippen molar-refractivity contribution in [2.45, 2.75) is 6.92 Å². The van der Waals surface area contributed by atoms with Crippen LogP contribution in [0.25, 0.3) is 0 Å². The van der Waals surface area contributed by atoms with Crippen LogP contribution in [0, 0.1) is 0 Å². The molecule has 0 aromatic heterocycles. The van der Waals surface area contributed by atoms with E-state index in [4.69, 9.17) is 9.90 Å². The quantitative estimate of drug-likeness (QED) is 0.413. The summed E-state index contributed by atoms with van der Waals surface area (Å²) in [6.07, 6.45) is 0.932. The predicted octanol–water partition coefficient (Wildman–Crippen LogP) is -0.447. The van der Waals surface area contributed by atoms with Crippen LogP contribution >= 0.6 is 0 Å². The van der Waals surface area contributed by atoms with Crippen molar-refractivity contribution in [1.29, 1.82) is 0 Å². The Kier molecular flexibility index (Phi) is 12.8. The van der Waals surface area contributed by atoms with E-state index < -0.39 is 9.17 Å². The first-order valence-corrected chi connectivity index (χ1v) is 3.56. The molecule has 0 bridgehead atoms. The number of hydrogen-bond acceptors (Lipinski definition) is 3. The lowest BCUT2D eigenvalue weighted by molar-refractivity contribution is 0.307. The maximum Gasteiger partial charge on any atom is 0.769 e. The van der Waals surface area contributed by atoms with E-state index in [0.717, 1.165) is 6.26 Å². The second-order valence-electron chi connectivity index (χ2n) is 0.867. The summed E-state index contributed by atoms with van der Waals surface area (Å²) in [5, 5.41) is 7.57. The lowest BCUT2D eigenvalue weighted by atomic mass is 10.9. The Hall–Kier alpha value is -0.683. The number of aliphatic hydroxyl groups is 1. The van der Waals surface area contributed by atoms with Crippen molar-refractivity contribution in [3.05, 3.63) is 12.8 Å². The van der Waals surface area contributed by atoms with Gasteiger partial charge >= 0.3 is 9.17 Å². The van der Waals surface area contributed by atoms with E-state index >= 15 is 0 Å². The molecule has 0 aliphatic rings. The molecule has 0 aliphatic carbocycles. The van der Waals surface area contributed by atoms with Crippen LogP contribution in [0.15, 0.2) is 12.8 Å². The lowest BCUT2D eigenvalue weighted by Crippen LogP contribution is -1.97. The van der Waals surface area contributed by atoms with Gasteiger partial charge in [0.25, 0.3) is 0 Å². The van der Waals surface area contributed by atoms with E-state index in [9.17, 15) is 4.46 Å². The molecule has 0 spiro atoms. The number of aliphatic hydroxyl groups excluding tert-OH is 1. The van der Waals surface area contributed by atoms with Gasteiger partial charge in [-0.3, -0.25) is 4.46 Å². The first kappa shape index (κ1) is 11.2. The summed E-state index contributed by atoms with van der Waals surface area (Å²) >= 11 is 0. The Morgan fingerprint density at radius 3 is 2.22 bits per heavy atom. The summed E-state index contributed by atoms with van der Waals surface area (Å²) in [4.78, 5) is 7.81. The van der Waals surface area contributed by atoms with Gasteiger partial charge in [0, 0.05) is 6.61 Å². The van der Waals surface area contributed by atoms with E-state index in [-0.39, 0.29) is 6.61 Å². The average Bonchev–Trinajstić information content (AvgIpc) is 1.67. The van der Waals surface area contributed by atoms with Gasteiger partial charge in [-0.15, -0.1) is 0 Å². The van der Waals surface area contributed by atoms with Gasteiger partial charge in [0.1, 0.15) is 0 Å².